The predicted octanol–water partition coefficient (Wildman–Crippen LogP) is 9.01. The van der Waals surface area contributed by atoms with Gasteiger partial charge in [0.05, 0.1) is 19.8 Å². The average Bonchev–Trinajstić information content (AvgIpc) is 3.08. The van der Waals surface area contributed by atoms with Gasteiger partial charge in [0.1, 0.15) is 0 Å². The molecular formula is C40H58O5. The molecule has 248 valence electrons. The van der Waals surface area contributed by atoms with Crippen LogP contribution in [-0.2, 0) is 14.3 Å². The van der Waals surface area contributed by atoms with E-state index in [0.29, 0.717) is 11.5 Å². The molecule has 3 atom stereocenters. The molecule has 0 bridgehead atoms. The van der Waals surface area contributed by atoms with Gasteiger partial charge in [-0.3, -0.25) is 0 Å². The Morgan fingerprint density at radius 3 is 2.09 bits per heavy atom. The molecule has 4 aliphatic carbocycles. The summed E-state index contributed by atoms with van der Waals surface area (Å²) >= 11 is 0. The Kier molecular flexibility index (Phi) is 14.2. The minimum atomic E-state index is -1.22. The highest BCUT2D eigenvalue weighted by atomic mass is 16.6. The van der Waals surface area contributed by atoms with Gasteiger partial charge in [-0.2, -0.15) is 0 Å². The first-order valence-electron chi connectivity index (χ1n) is 17.7. The van der Waals surface area contributed by atoms with E-state index in [4.69, 9.17) is 9.47 Å². The first-order chi connectivity index (χ1) is 21.8. The van der Waals surface area contributed by atoms with Crippen molar-refractivity contribution in [2.45, 2.75) is 116 Å². The third kappa shape index (κ3) is 10.5. The lowest BCUT2D eigenvalue weighted by Crippen LogP contribution is -2.33. The number of esters is 1. The molecule has 0 heterocycles. The Bertz CT molecular complexity index is 1190. The number of allylic oxidation sites excluding steroid dienone is 10. The maximum absolute atomic E-state index is 12.1. The zero-order chi connectivity index (χ0) is 32.2. The molecule has 1 fully saturated rings. The fourth-order valence-corrected chi connectivity index (χ4v) is 7.63. The van der Waals surface area contributed by atoms with Gasteiger partial charge >= 0.3 is 5.97 Å². The van der Waals surface area contributed by atoms with Gasteiger partial charge in [0.2, 0.25) is 0 Å². The second-order valence-electron chi connectivity index (χ2n) is 13.9. The van der Waals surface area contributed by atoms with Crippen molar-refractivity contribution < 1.29 is 24.5 Å². The van der Waals surface area contributed by atoms with Gasteiger partial charge in [-0.25, -0.2) is 4.79 Å². The SMILES string of the molecule is C=C(C)C(=O)OCC(COC(O)C(=C)CO)C1CCC(C2CC=C(C3=CC=C(C4=CC=C(CCCCC)CC4)CC3)CC2)CC1. The van der Waals surface area contributed by atoms with Crippen LogP contribution in [0.5, 0.6) is 0 Å². The molecule has 0 radical (unpaired) electrons. The summed E-state index contributed by atoms with van der Waals surface area (Å²) in [6.45, 7) is 11.4. The highest BCUT2D eigenvalue weighted by Gasteiger charge is 2.33. The number of unbranched alkanes of at least 4 members (excludes halogenated alkanes) is 2. The van der Waals surface area contributed by atoms with Crippen molar-refractivity contribution in [2.75, 3.05) is 19.8 Å². The lowest BCUT2D eigenvalue weighted by Gasteiger charge is -2.38. The number of aliphatic hydroxyl groups is 2. The van der Waals surface area contributed by atoms with Crippen molar-refractivity contribution in [3.8, 4) is 0 Å². The smallest absolute Gasteiger partial charge is 0.333 e. The van der Waals surface area contributed by atoms with Crippen molar-refractivity contribution in [3.63, 3.8) is 0 Å². The van der Waals surface area contributed by atoms with Gasteiger partial charge in [0, 0.05) is 17.1 Å². The molecule has 0 aliphatic heterocycles. The van der Waals surface area contributed by atoms with E-state index in [0.717, 1.165) is 31.1 Å². The highest BCUT2D eigenvalue weighted by Crippen LogP contribution is 2.43. The molecule has 4 aliphatic rings. The van der Waals surface area contributed by atoms with E-state index in [1.165, 1.54) is 77.0 Å². The zero-order valence-electron chi connectivity index (χ0n) is 28.0. The van der Waals surface area contributed by atoms with Crippen molar-refractivity contribution in [1.82, 2.24) is 0 Å². The molecule has 0 amide bonds. The molecule has 0 saturated heterocycles. The number of rotatable bonds is 16. The number of hydrogen-bond acceptors (Lipinski definition) is 5. The molecular weight excluding hydrogens is 560 g/mol. The number of ether oxygens (including phenoxy) is 2. The minimum absolute atomic E-state index is 0.0160. The molecule has 0 spiro atoms. The van der Waals surface area contributed by atoms with Crippen molar-refractivity contribution in [2.24, 2.45) is 23.7 Å². The minimum Gasteiger partial charge on any atom is -0.462 e. The quantitative estimate of drug-likeness (QED) is 0.0594. The monoisotopic (exact) mass is 618 g/mol. The van der Waals surface area contributed by atoms with E-state index >= 15 is 0 Å². The standard InChI is InChI=1S/C40H58O5/c1-5-6-7-8-30-9-11-31(12-10-30)32-13-15-33(16-14-32)34-17-19-35(20-18-34)36-21-23-37(24-22-36)38(26-44-39(42)28(2)3)27-45-40(43)29(4)25-41/h9,11,13,15,17,35-38,40-41,43H,2,4-8,10,12,14,16,18-27H2,1,3H3. The summed E-state index contributed by atoms with van der Waals surface area (Å²) in [4.78, 5) is 12.1. The van der Waals surface area contributed by atoms with Crippen LogP contribution >= 0.6 is 0 Å². The maximum atomic E-state index is 12.1. The predicted molar refractivity (Wildman–Crippen MR) is 183 cm³/mol. The van der Waals surface area contributed by atoms with Gasteiger partial charge in [-0.1, -0.05) is 68.9 Å². The van der Waals surface area contributed by atoms with E-state index in [-0.39, 0.29) is 31.3 Å². The van der Waals surface area contributed by atoms with Crippen LogP contribution in [0, 0.1) is 23.7 Å². The third-order valence-electron chi connectivity index (χ3n) is 10.7. The molecule has 5 heteroatoms. The molecule has 0 aromatic heterocycles. The molecule has 4 rings (SSSR count). The summed E-state index contributed by atoms with van der Waals surface area (Å²) in [6, 6.07) is 0. The van der Waals surface area contributed by atoms with Gasteiger partial charge in [0.25, 0.3) is 0 Å². The van der Waals surface area contributed by atoms with Crippen LogP contribution in [0.25, 0.3) is 0 Å². The topological polar surface area (TPSA) is 76.0 Å². The summed E-state index contributed by atoms with van der Waals surface area (Å²) in [5, 5.41) is 19.4. The second kappa shape index (κ2) is 18.0. The third-order valence-corrected chi connectivity index (χ3v) is 10.7. The summed E-state index contributed by atoms with van der Waals surface area (Å²) in [5.41, 5.74) is 8.45. The molecule has 1 saturated carbocycles. The summed E-state index contributed by atoms with van der Waals surface area (Å²) in [6.07, 6.45) is 29.1. The number of carbonyl (C=O) groups excluding carboxylic acids is 1. The van der Waals surface area contributed by atoms with Crippen LogP contribution in [0.4, 0.5) is 0 Å². The lowest BCUT2D eigenvalue weighted by molar-refractivity contribution is -0.144. The first kappa shape index (κ1) is 35.4. The number of hydrogen-bond donors (Lipinski definition) is 2. The Hall–Kier alpha value is -2.47. The Morgan fingerprint density at radius 2 is 1.53 bits per heavy atom. The fourth-order valence-electron chi connectivity index (χ4n) is 7.63. The van der Waals surface area contributed by atoms with Gasteiger partial charge in [-0.15, -0.1) is 0 Å². The van der Waals surface area contributed by atoms with E-state index in [9.17, 15) is 15.0 Å². The van der Waals surface area contributed by atoms with Crippen LogP contribution in [0.1, 0.15) is 110 Å². The average molecular weight is 619 g/mol. The van der Waals surface area contributed by atoms with Gasteiger partial charge < -0.3 is 19.7 Å². The van der Waals surface area contributed by atoms with E-state index in [1.54, 1.807) is 34.8 Å². The van der Waals surface area contributed by atoms with E-state index in [1.807, 2.05) is 0 Å². The van der Waals surface area contributed by atoms with Crippen LogP contribution in [0.3, 0.4) is 0 Å². The molecule has 0 aromatic rings. The first-order valence-corrected chi connectivity index (χ1v) is 17.7. The van der Waals surface area contributed by atoms with Crippen LogP contribution < -0.4 is 0 Å². The van der Waals surface area contributed by atoms with Crippen LogP contribution in [-0.4, -0.2) is 42.3 Å². The molecule has 2 N–H and O–H groups in total. The molecule has 0 aromatic carbocycles. The molecule has 45 heavy (non-hydrogen) atoms. The Balaban J connectivity index is 1.26. The van der Waals surface area contributed by atoms with Crippen molar-refractivity contribution >= 4 is 5.97 Å². The molecule has 3 unspecified atom stereocenters. The van der Waals surface area contributed by atoms with Crippen LogP contribution in [0.2, 0.25) is 0 Å². The van der Waals surface area contributed by atoms with E-state index < -0.39 is 12.3 Å². The second-order valence-corrected chi connectivity index (χ2v) is 13.9. The zero-order valence-corrected chi connectivity index (χ0v) is 28.0. The normalized spacial score (nSPS) is 25.2. The fraction of sp³-hybridized carbons (Fsp3) is 0.625. The number of carbonyl (C=O) groups is 1. The van der Waals surface area contributed by atoms with Crippen LogP contribution in [0.15, 0.2) is 82.5 Å². The lowest BCUT2D eigenvalue weighted by atomic mass is 9.68. The van der Waals surface area contributed by atoms with Gasteiger partial charge in [-0.05, 0) is 130 Å². The maximum Gasteiger partial charge on any atom is 0.333 e. The Morgan fingerprint density at radius 1 is 0.867 bits per heavy atom. The number of aliphatic hydroxyl groups excluding tert-OH is 2. The summed E-state index contributed by atoms with van der Waals surface area (Å²) < 4.78 is 11.2. The van der Waals surface area contributed by atoms with Gasteiger partial charge in [0.15, 0.2) is 6.29 Å². The molecule has 5 nitrogen and oxygen atoms in total. The summed E-state index contributed by atoms with van der Waals surface area (Å²) in [5.74, 6) is 1.41. The largest absolute Gasteiger partial charge is 0.462 e. The van der Waals surface area contributed by atoms with Crippen molar-refractivity contribution in [3.05, 3.63) is 82.5 Å². The Labute approximate surface area is 272 Å². The summed E-state index contributed by atoms with van der Waals surface area (Å²) in [7, 11) is 0. The van der Waals surface area contributed by atoms with Crippen molar-refractivity contribution in [1.29, 1.82) is 0 Å². The highest BCUT2D eigenvalue weighted by molar-refractivity contribution is 5.86. The van der Waals surface area contributed by atoms with E-state index in [2.05, 4.69) is 50.5 Å².